The summed E-state index contributed by atoms with van der Waals surface area (Å²) in [4.78, 5) is 38.1. The van der Waals surface area contributed by atoms with E-state index in [4.69, 9.17) is 14.2 Å². The Hall–Kier alpha value is -3.67. The third-order valence-electron chi connectivity index (χ3n) is 12.1. The molecule has 0 aromatic carbocycles. The Labute approximate surface area is 426 Å². The first kappa shape index (κ1) is 65.3. The van der Waals surface area contributed by atoms with E-state index in [9.17, 15) is 14.4 Å². The van der Waals surface area contributed by atoms with Gasteiger partial charge in [-0.15, -0.1) is 0 Å². The molecule has 0 aromatic heterocycles. The van der Waals surface area contributed by atoms with Crippen molar-refractivity contribution in [2.45, 2.75) is 271 Å². The van der Waals surface area contributed by atoms with E-state index in [1.165, 1.54) is 89.9 Å². The number of esters is 3. The fourth-order valence-electron chi connectivity index (χ4n) is 7.77. The zero-order valence-electron chi connectivity index (χ0n) is 45.0. The van der Waals surface area contributed by atoms with Crippen molar-refractivity contribution in [2.24, 2.45) is 0 Å². The molecule has 0 fully saturated rings. The average molecular weight is 960 g/mol. The van der Waals surface area contributed by atoms with Gasteiger partial charge in [-0.3, -0.25) is 14.4 Å². The van der Waals surface area contributed by atoms with Crippen molar-refractivity contribution < 1.29 is 28.6 Å². The number of allylic oxidation sites excluding steroid dienone is 16. The highest BCUT2D eigenvalue weighted by Crippen LogP contribution is 2.14. The zero-order chi connectivity index (χ0) is 50.0. The summed E-state index contributed by atoms with van der Waals surface area (Å²) in [5.41, 5.74) is 0. The SMILES string of the molecule is CC/C=C\C/C=C\C/C=C\C/C=C\C/C=C\CCCCCCCC(=O)OCC(COC(=O)CCCCCCCCCCC)OC(=O)CCCCCCCC/C=C\C/C=C\C/C=C\CCCCCCC. The predicted molar refractivity (Wildman–Crippen MR) is 297 cm³/mol. The van der Waals surface area contributed by atoms with Crippen LogP contribution in [0, 0.1) is 0 Å². The van der Waals surface area contributed by atoms with Crippen molar-refractivity contribution in [1.29, 1.82) is 0 Å². The second-order valence-corrected chi connectivity index (χ2v) is 18.8. The molecule has 69 heavy (non-hydrogen) atoms. The normalized spacial score (nSPS) is 12.8. The van der Waals surface area contributed by atoms with E-state index in [2.05, 4.69) is 118 Å². The number of ether oxygens (including phenoxy) is 3. The molecule has 0 aliphatic carbocycles. The second kappa shape index (κ2) is 56.9. The molecule has 6 nitrogen and oxygen atoms in total. The molecule has 0 radical (unpaired) electrons. The highest BCUT2D eigenvalue weighted by Gasteiger charge is 2.19. The maximum Gasteiger partial charge on any atom is 0.306 e. The largest absolute Gasteiger partial charge is 0.462 e. The fraction of sp³-hybridized carbons (Fsp3) is 0.698. The first-order valence-electron chi connectivity index (χ1n) is 28.7. The van der Waals surface area contributed by atoms with Crippen LogP contribution < -0.4 is 0 Å². The lowest BCUT2D eigenvalue weighted by atomic mass is 10.1. The van der Waals surface area contributed by atoms with Crippen LogP contribution in [-0.4, -0.2) is 37.2 Å². The molecule has 0 rings (SSSR count). The van der Waals surface area contributed by atoms with Crippen LogP contribution in [0.2, 0.25) is 0 Å². The summed E-state index contributed by atoms with van der Waals surface area (Å²) < 4.78 is 16.8. The van der Waals surface area contributed by atoms with Gasteiger partial charge in [-0.1, -0.05) is 240 Å². The van der Waals surface area contributed by atoms with Crippen LogP contribution in [0.25, 0.3) is 0 Å². The van der Waals surface area contributed by atoms with Crippen LogP contribution >= 0.6 is 0 Å². The molecule has 0 bridgehead atoms. The van der Waals surface area contributed by atoms with Crippen molar-refractivity contribution in [2.75, 3.05) is 13.2 Å². The summed E-state index contributed by atoms with van der Waals surface area (Å²) >= 11 is 0. The van der Waals surface area contributed by atoms with Gasteiger partial charge in [0.05, 0.1) is 0 Å². The summed E-state index contributed by atoms with van der Waals surface area (Å²) in [6.07, 6.45) is 75.4. The molecule has 1 unspecified atom stereocenters. The Balaban J connectivity index is 4.36. The first-order valence-corrected chi connectivity index (χ1v) is 28.7. The lowest BCUT2D eigenvalue weighted by Crippen LogP contribution is -2.30. The first-order chi connectivity index (χ1) is 34.0. The summed E-state index contributed by atoms with van der Waals surface area (Å²) in [6, 6.07) is 0. The molecule has 6 heteroatoms. The van der Waals surface area contributed by atoms with E-state index < -0.39 is 6.10 Å². The monoisotopic (exact) mass is 959 g/mol. The third kappa shape index (κ3) is 55.1. The van der Waals surface area contributed by atoms with Crippen LogP contribution in [0.15, 0.2) is 97.2 Å². The van der Waals surface area contributed by atoms with Crippen molar-refractivity contribution in [3.8, 4) is 0 Å². The zero-order valence-corrected chi connectivity index (χ0v) is 45.0. The highest BCUT2D eigenvalue weighted by atomic mass is 16.6. The van der Waals surface area contributed by atoms with Crippen LogP contribution in [0.1, 0.15) is 265 Å². The van der Waals surface area contributed by atoms with Gasteiger partial charge in [0.1, 0.15) is 13.2 Å². The van der Waals surface area contributed by atoms with E-state index in [0.717, 1.165) is 135 Å². The topological polar surface area (TPSA) is 78.9 Å². The van der Waals surface area contributed by atoms with Crippen molar-refractivity contribution in [1.82, 2.24) is 0 Å². The standard InChI is InChI=1S/C63H106O6/c1-4-7-10-13-16-19-21-23-25-27-29-31-33-35-37-39-41-44-47-50-53-56-62(65)68-59-60(58-67-61(64)55-52-49-46-43-18-15-12-9-6-3)69-63(66)57-54-51-48-45-42-40-38-36-34-32-30-28-26-24-22-20-17-14-11-8-5-2/h7,10,16,19,22-25,28-31,34-37,60H,4-6,8-9,11-15,17-18,20-21,26-27,32-33,38-59H2,1-3H3/b10-7-,19-16-,24-22-,25-23-,30-28-,31-29-,36-34-,37-35-. The van der Waals surface area contributed by atoms with Gasteiger partial charge >= 0.3 is 17.9 Å². The average Bonchev–Trinajstić information content (AvgIpc) is 3.35. The minimum atomic E-state index is -0.792. The van der Waals surface area contributed by atoms with Gasteiger partial charge in [0.25, 0.3) is 0 Å². The Morgan fingerprint density at radius 1 is 0.304 bits per heavy atom. The van der Waals surface area contributed by atoms with Crippen LogP contribution in [0.5, 0.6) is 0 Å². The molecule has 0 saturated carbocycles. The van der Waals surface area contributed by atoms with Crippen molar-refractivity contribution >= 4 is 17.9 Å². The van der Waals surface area contributed by atoms with E-state index >= 15 is 0 Å². The summed E-state index contributed by atoms with van der Waals surface area (Å²) in [7, 11) is 0. The molecule has 0 spiro atoms. The molecule has 394 valence electrons. The molecule has 1 atom stereocenters. The van der Waals surface area contributed by atoms with E-state index in [1.807, 2.05) is 0 Å². The fourth-order valence-corrected chi connectivity index (χ4v) is 7.77. The smallest absolute Gasteiger partial charge is 0.306 e. The quantitative estimate of drug-likeness (QED) is 0.0262. The number of rotatable bonds is 51. The Kier molecular flexibility index (Phi) is 53.9. The molecule has 0 amide bonds. The third-order valence-corrected chi connectivity index (χ3v) is 12.1. The Morgan fingerprint density at radius 3 is 0.884 bits per heavy atom. The second-order valence-electron chi connectivity index (χ2n) is 18.8. The molecular formula is C63H106O6. The number of hydrogen-bond donors (Lipinski definition) is 0. The Morgan fingerprint density at radius 2 is 0.565 bits per heavy atom. The van der Waals surface area contributed by atoms with Gasteiger partial charge in [0.2, 0.25) is 0 Å². The molecular weight excluding hydrogens is 853 g/mol. The molecule has 0 aliphatic rings. The van der Waals surface area contributed by atoms with Gasteiger partial charge in [0, 0.05) is 19.3 Å². The maximum atomic E-state index is 12.8. The molecule has 0 saturated heterocycles. The minimum absolute atomic E-state index is 0.0887. The van der Waals surface area contributed by atoms with Crippen LogP contribution in [-0.2, 0) is 28.6 Å². The number of unbranched alkanes of at least 4 members (excludes halogenated alkanes) is 24. The molecule has 0 N–H and O–H groups in total. The van der Waals surface area contributed by atoms with Gasteiger partial charge in [-0.2, -0.15) is 0 Å². The number of hydrogen-bond acceptors (Lipinski definition) is 6. The van der Waals surface area contributed by atoms with Gasteiger partial charge in [-0.05, 0) is 103 Å². The van der Waals surface area contributed by atoms with Crippen molar-refractivity contribution in [3.05, 3.63) is 97.2 Å². The van der Waals surface area contributed by atoms with E-state index in [-0.39, 0.29) is 31.1 Å². The van der Waals surface area contributed by atoms with Crippen molar-refractivity contribution in [3.63, 3.8) is 0 Å². The summed E-state index contributed by atoms with van der Waals surface area (Å²) in [6.45, 7) is 6.47. The Bertz CT molecular complexity index is 1380. The van der Waals surface area contributed by atoms with Gasteiger partial charge in [-0.25, -0.2) is 0 Å². The minimum Gasteiger partial charge on any atom is -0.462 e. The lowest BCUT2D eigenvalue weighted by molar-refractivity contribution is -0.167. The van der Waals surface area contributed by atoms with Crippen LogP contribution in [0.3, 0.4) is 0 Å². The van der Waals surface area contributed by atoms with E-state index in [1.54, 1.807) is 0 Å². The lowest BCUT2D eigenvalue weighted by Gasteiger charge is -2.18. The summed E-state index contributed by atoms with van der Waals surface area (Å²) in [5.74, 6) is -0.921. The number of carbonyl (C=O) groups is 3. The number of carbonyl (C=O) groups excluding carboxylic acids is 3. The molecule has 0 aromatic rings. The van der Waals surface area contributed by atoms with E-state index in [0.29, 0.717) is 19.3 Å². The predicted octanol–water partition coefficient (Wildman–Crippen LogP) is 19.3. The van der Waals surface area contributed by atoms with Crippen LogP contribution in [0.4, 0.5) is 0 Å². The maximum absolute atomic E-state index is 12.8. The van der Waals surface area contributed by atoms with Gasteiger partial charge < -0.3 is 14.2 Å². The molecule has 0 aliphatic heterocycles. The molecule has 0 heterocycles. The van der Waals surface area contributed by atoms with Gasteiger partial charge in [0.15, 0.2) is 6.10 Å². The highest BCUT2D eigenvalue weighted by molar-refractivity contribution is 5.71. The summed E-state index contributed by atoms with van der Waals surface area (Å²) in [5, 5.41) is 0.